The molecule has 2 amide bonds. The van der Waals surface area contributed by atoms with E-state index in [4.69, 9.17) is 14.8 Å². The first-order valence-corrected chi connectivity index (χ1v) is 10.9. The summed E-state index contributed by atoms with van der Waals surface area (Å²) in [6.45, 7) is 4.39. The van der Waals surface area contributed by atoms with Gasteiger partial charge in [-0.2, -0.15) is 0 Å². The van der Waals surface area contributed by atoms with Crippen molar-refractivity contribution in [2.24, 2.45) is 0 Å². The molecule has 0 atom stereocenters. The predicted octanol–water partition coefficient (Wildman–Crippen LogP) is 4.46. The van der Waals surface area contributed by atoms with Crippen molar-refractivity contribution in [3.05, 3.63) is 60.2 Å². The molecule has 7 nitrogen and oxygen atoms in total. The van der Waals surface area contributed by atoms with Crippen LogP contribution in [0.3, 0.4) is 0 Å². The van der Waals surface area contributed by atoms with Gasteiger partial charge in [0.05, 0.1) is 12.3 Å². The smallest absolute Gasteiger partial charge is 0.356 e. The lowest BCUT2D eigenvalue weighted by Crippen LogP contribution is -2.39. The van der Waals surface area contributed by atoms with E-state index < -0.39 is 6.03 Å². The van der Waals surface area contributed by atoms with Crippen LogP contribution in [-0.2, 0) is 11.4 Å². The van der Waals surface area contributed by atoms with E-state index in [1.165, 1.54) is 37.9 Å². The summed E-state index contributed by atoms with van der Waals surface area (Å²) < 4.78 is 5.89. The maximum atomic E-state index is 12.3. The molecule has 0 radical (unpaired) electrons. The van der Waals surface area contributed by atoms with Crippen molar-refractivity contribution in [3.8, 4) is 12.0 Å². The monoisotopic (exact) mass is 422 g/mol. The number of carbonyl (C=O) groups is 1. The molecule has 1 aliphatic heterocycles. The van der Waals surface area contributed by atoms with Crippen molar-refractivity contribution >= 4 is 11.7 Å². The Balaban J connectivity index is 1.35. The molecule has 0 unspecified atom stereocenters. The number of piperidine rings is 1. The summed E-state index contributed by atoms with van der Waals surface area (Å²) in [5.74, 6) is 0.885. The number of unbranched alkanes of at least 4 members (excludes halogenated alkanes) is 1. The minimum absolute atomic E-state index is 0.468. The van der Waals surface area contributed by atoms with Crippen LogP contribution in [0.1, 0.15) is 37.7 Å². The van der Waals surface area contributed by atoms with E-state index in [-0.39, 0.29) is 0 Å². The van der Waals surface area contributed by atoms with Gasteiger partial charge in [0, 0.05) is 13.1 Å². The lowest BCUT2D eigenvalue weighted by molar-refractivity contribution is 0.198. The minimum Gasteiger partial charge on any atom is -0.494 e. The summed E-state index contributed by atoms with van der Waals surface area (Å²) in [6.07, 6.45) is 7.04. The highest BCUT2D eigenvalue weighted by Gasteiger charge is 2.16. The van der Waals surface area contributed by atoms with Gasteiger partial charge in [0.1, 0.15) is 5.75 Å². The first-order chi connectivity index (χ1) is 15.3. The number of nitrogens with zero attached hydrogens (tertiary/aromatic N) is 3. The number of hydrogen-bond donors (Lipinski definition) is 1. The zero-order valence-electron chi connectivity index (χ0n) is 17.8. The molecule has 3 rings (SSSR count). The van der Waals surface area contributed by atoms with Crippen molar-refractivity contribution in [2.45, 2.75) is 38.6 Å². The van der Waals surface area contributed by atoms with Crippen LogP contribution < -0.4 is 15.1 Å². The number of carbonyl (C=O) groups excluding carboxylic acids is 1. The second-order valence-corrected chi connectivity index (χ2v) is 7.58. The Hall–Kier alpha value is -3.24. The maximum Gasteiger partial charge on any atom is 0.356 e. The van der Waals surface area contributed by atoms with Crippen molar-refractivity contribution in [1.82, 2.24) is 10.2 Å². The molecule has 1 N–H and O–H groups in total. The van der Waals surface area contributed by atoms with Crippen molar-refractivity contribution in [2.75, 3.05) is 31.3 Å². The van der Waals surface area contributed by atoms with E-state index in [2.05, 4.69) is 22.3 Å². The van der Waals surface area contributed by atoms with Crippen LogP contribution in [0.25, 0.3) is 0 Å². The van der Waals surface area contributed by atoms with Crippen LogP contribution in [0.15, 0.2) is 54.6 Å². The fourth-order valence-corrected chi connectivity index (χ4v) is 3.61. The molecule has 2 aromatic carbocycles. The Morgan fingerprint density at radius 2 is 1.87 bits per heavy atom. The number of likely N-dealkylation sites (tertiary alicyclic amines) is 1. The Morgan fingerprint density at radius 3 is 2.65 bits per heavy atom. The molecule has 1 saturated heterocycles. The summed E-state index contributed by atoms with van der Waals surface area (Å²) >= 11 is 0. The average Bonchev–Trinajstić information content (AvgIpc) is 2.81. The lowest BCUT2D eigenvalue weighted by Gasteiger charge is -2.26. The number of nitriles is 1. The molecule has 7 heteroatoms. The molecular formula is C24H30N4O3. The Labute approximate surface area is 184 Å². The van der Waals surface area contributed by atoms with Crippen LogP contribution in [0.2, 0.25) is 0 Å². The summed E-state index contributed by atoms with van der Waals surface area (Å²) in [7, 11) is 0. The topological polar surface area (TPSA) is 77.8 Å². The molecule has 0 spiro atoms. The third kappa shape index (κ3) is 7.50. The number of benzene rings is 2. The summed E-state index contributed by atoms with van der Waals surface area (Å²) in [5, 5.41) is 12.5. The number of para-hydroxylation sites is 1. The summed E-state index contributed by atoms with van der Waals surface area (Å²) in [6, 6.07) is 16.6. The van der Waals surface area contributed by atoms with E-state index in [0.29, 0.717) is 18.8 Å². The van der Waals surface area contributed by atoms with Gasteiger partial charge in [0.2, 0.25) is 0 Å². The van der Waals surface area contributed by atoms with Crippen molar-refractivity contribution in [3.63, 3.8) is 0 Å². The van der Waals surface area contributed by atoms with Crippen LogP contribution in [0.5, 0.6) is 5.75 Å². The quantitative estimate of drug-likeness (QED) is 0.347. The summed E-state index contributed by atoms with van der Waals surface area (Å²) in [5.41, 5.74) is 1.78. The Kier molecular flexibility index (Phi) is 9.02. The molecule has 0 aromatic heterocycles. The lowest BCUT2D eigenvalue weighted by atomic mass is 10.1. The molecule has 0 aliphatic carbocycles. The van der Waals surface area contributed by atoms with Crippen LogP contribution in [0, 0.1) is 11.5 Å². The van der Waals surface area contributed by atoms with Crippen LogP contribution in [-0.4, -0.2) is 37.2 Å². The largest absolute Gasteiger partial charge is 0.494 e. The number of amides is 2. The van der Waals surface area contributed by atoms with E-state index in [1.54, 1.807) is 30.5 Å². The van der Waals surface area contributed by atoms with E-state index in [0.717, 1.165) is 30.2 Å². The molecule has 1 fully saturated rings. The molecule has 1 heterocycles. The number of urea groups is 1. The van der Waals surface area contributed by atoms with E-state index in [9.17, 15) is 4.79 Å². The second-order valence-electron chi connectivity index (χ2n) is 7.58. The number of rotatable bonds is 10. The fourth-order valence-electron chi connectivity index (χ4n) is 3.61. The molecule has 164 valence electrons. The highest BCUT2D eigenvalue weighted by atomic mass is 16.7. The third-order valence-corrected chi connectivity index (χ3v) is 5.18. The zero-order valence-corrected chi connectivity index (χ0v) is 17.8. The summed E-state index contributed by atoms with van der Waals surface area (Å²) in [4.78, 5) is 19.6. The third-order valence-electron chi connectivity index (χ3n) is 5.18. The van der Waals surface area contributed by atoms with E-state index in [1.807, 2.05) is 18.2 Å². The standard InChI is InChI=1S/C24H30N4O3/c25-20-31-28(22-11-3-1-4-12-22)24(29)26-14-5-8-17-30-23-13-9-10-21(18-23)19-27-15-6-2-7-16-27/h1,3-4,9-13,18H,2,5-8,14-17,19H2,(H,26,29). The van der Waals surface area contributed by atoms with Gasteiger partial charge in [-0.3, -0.25) is 9.74 Å². The van der Waals surface area contributed by atoms with Crippen molar-refractivity contribution in [1.29, 1.82) is 5.26 Å². The van der Waals surface area contributed by atoms with Crippen molar-refractivity contribution < 1.29 is 14.4 Å². The highest BCUT2D eigenvalue weighted by molar-refractivity contribution is 5.89. The average molecular weight is 423 g/mol. The molecule has 2 aromatic rings. The molecule has 0 bridgehead atoms. The van der Waals surface area contributed by atoms with E-state index >= 15 is 0 Å². The highest BCUT2D eigenvalue weighted by Crippen LogP contribution is 2.18. The Bertz CT molecular complexity index is 847. The van der Waals surface area contributed by atoms with Gasteiger partial charge in [-0.15, -0.1) is 10.3 Å². The molecule has 31 heavy (non-hydrogen) atoms. The van der Waals surface area contributed by atoms with Gasteiger partial charge in [0.15, 0.2) is 0 Å². The van der Waals surface area contributed by atoms with Crippen LogP contribution in [0.4, 0.5) is 10.5 Å². The molecule has 0 saturated carbocycles. The number of hydrogen-bond acceptors (Lipinski definition) is 5. The Morgan fingerprint density at radius 1 is 1.06 bits per heavy atom. The first kappa shape index (κ1) is 22.4. The normalized spacial score (nSPS) is 13.8. The number of hydroxylamine groups is 1. The van der Waals surface area contributed by atoms with Crippen LogP contribution >= 0.6 is 0 Å². The zero-order chi connectivity index (χ0) is 21.7. The van der Waals surface area contributed by atoms with Gasteiger partial charge in [-0.1, -0.05) is 36.8 Å². The molecule has 1 aliphatic rings. The van der Waals surface area contributed by atoms with Gasteiger partial charge in [0.25, 0.3) is 0 Å². The SMILES string of the molecule is N#CON(C(=O)NCCCCOc1cccc(CN2CCCCC2)c1)c1ccccc1. The molecular weight excluding hydrogens is 392 g/mol. The number of nitrogens with one attached hydrogen (secondary N) is 1. The van der Waals surface area contributed by atoms with Gasteiger partial charge >= 0.3 is 12.3 Å². The first-order valence-electron chi connectivity index (χ1n) is 10.9. The number of ether oxygens (including phenoxy) is 1. The van der Waals surface area contributed by atoms with Gasteiger partial charge in [-0.05, 0) is 68.6 Å². The fraction of sp³-hybridized carbons (Fsp3) is 0.417. The van der Waals surface area contributed by atoms with Gasteiger partial charge in [-0.25, -0.2) is 4.79 Å². The maximum absolute atomic E-state index is 12.3. The minimum atomic E-state index is -0.473. The number of anilines is 1. The predicted molar refractivity (Wildman–Crippen MR) is 119 cm³/mol. The second kappa shape index (κ2) is 12.5. The van der Waals surface area contributed by atoms with Gasteiger partial charge < -0.3 is 10.1 Å².